The van der Waals surface area contributed by atoms with E-state index >= 15 is 0 Å². The monoisotopic (exact) mass is 425 g/mol. The van der Waals surface area contributed by atoms with Crippen LogP contribution in [0, 0.1) is 5.82 Å². The second-order valence-electron chi connectivity index (χ2n) is 6.30. The molecule has 0 aliphatic rings. The second kappa shape index (κ2) is 10.4. The van der Waals surface area contributed by atoms with E-state index in [4.69, 9.17) is 11.6 Å². The van der Waals surface area contributed by atoms with E-state index in [0.717, 1.165) is 5.56 Å². The Morgan fingerprint density at radius 2 is 1.82 bits per heavy atom. The summed E-state index contributed by atoms with van der Waals surface area (Å²) in [5, 5.41) is 6.78. The van der Waals surface area contributed by atoms with Crippen LogP contribution in [0.4, 0.5) is 4.39 Å². The van der Waals surface area contributed by atoms with E-state index in [0.29, 0.717) is 53.9 Å². The third-order valence-corrected chi connectivity index (χ3v) is 5.58. The maximum Gasteiger partial charge on any atom is 0.191 e. The molecule has 0 aliphatic heterocycles. The SMILES string of the molecule is CCNC(=NCCc1c(F)cccc1Cl)NCCc1ccc(S(C)(=O)=O)cc1. The van der Waals surface area contributed by atoms with Gasteiger partial charge in [0.15, 0.2) is 15.8 Å². The maximum absolute atomic E-state index is 13.8. The Balaban J connectivity index is 1.89. The summed E-state index contributed by atoms with van der Waals surface area (Å²) in [6, 6.07) is 11.5. The van der Waals surface area contributed by atoms with E-state index < -0.39 is 9.84 Å². The maximum atomic E-state index is 13.8. The van der Waals surface area contributed by atoms with Crippen molar-refractivity contribution < 1.29 is 12.8 Å². The first kappa shape index (κ1) is 22.2. The van der Waals surface area contributed by atoms with Crippen molar-refractivity contribution >= 4 is 27.4 Å². The van der Waals surface area contributed by atoms with Gasteiger partial charge in [0.1, 0.15) is 5.82 Å². The summed E-state index contributed by atoms with van der Waals surface area (Å²) in [5.74, 6) is 0.320. The average molecular weight is 426 g/mol. The molecule has 0 heterocycles. The molecule has 0 aromatic heterocycles. The van der Waals surface area contributed by atoms with Crippen LogP contribution in [0.1, 0.15) is 18.1 Å². The van der Waals surface area contributed by atoms with E-state index in [-0.39, 0.29) is 5.82 Å². The zero-order chi connectivity index (χ0) is 20.6. The van der Waals surface area contributed by atoms with E-state index in [9.17, 15) is 12.8 Å². The van der Waals surface area contributed by atoms with Gasteiger partial charge in [-0.2, -0.15) is 0 Å². The molecule has 0 aliphatic carbocycles. The molecule has 152 valence electrons. The van der Waals surface area contributed by atoms with Crippen molar-refractivity contribution in [2.24, 2.45) is 4.99 Å². The smallest absolute Gasteiger partial charge is 0.191 e. The number of benzene rings is 2. The van der Waals surface area contributed by atoms with Gasteiger partial charge in [0, 0.05) is 36.5 Å². The molecular formula is C20H25ClFN3O2S. The van der Waals surface area contributed by atoms with Crippen molar-refractivity contribution in [2.45, 2.75) is 24.7 Å². The number of halogens is 2. The molecule has 2 aromatic carbocycles. The number of nitrogens with zero attached hydrogens (tertiary/aromatic N) is 1. The van der Waals surface area contributed by atoms with E-state index in [2.05, 4.69) is 15.6 Å². The Hall–Kier alpha value is -2.12. The molecule has 0 atom stereocenters. The fourth-order valence-electron chi connectivity index (χ4n) is 2.62. The minimum Gasteiger partial charge on any atom is -0.357 e. The van der Waals surface area contributed by atoms with Gasteiger partial charge in [-0.3, -0.25) is 4.99 Å². The first-order valence-electron chi connectivity index (χ1n) is 9.05. The third-order valence-electron chi connectivity index (χ3n) is 4.10. The van der Waals surface area contributed by atoms with Gasteiger partial charge in [-0.1, -0.05) is 29.8 Å². The largest absolute Gasteiger partial charge is 0.357 e. The molecule has 28 heavy (non-hydrogen) atoms. The van der Waals surface area contributed by atoms with Gasteiger partial charge in [0.2, 0.25) is 0 Å². The number of hydrogen-bond acceptors (Lipinski definition) is 3. The highest BCUT2D eigenvalue weighted by Gasteiger charge is 2.07. The number of sulfone groups is 1. The topological polar surface area (TPSA) is 70.6 Å². The predicted molar refractivity (Wildman–Crippen MR) is 112 cm³/mol. The summed E-state index contributed by atoms with van der Waals surface area (Å²) in [6.07, 6.45) is 2.32. The third kappa shape index (κ3) is 6.80. The van der Waals surface area contributed by atoms with Crippen LogP contribution in [0.25, 0.3) is 0 Å². The molecule has 0 fully saturated rings. The summed E-state index contributed by atoms with van der Waals surface area (Å²) in [6.45, 7) is 3.70. The first-order valence-corrected chi connectivity index (χ1v) is 11.3. The van der Waals surface area contributed by atoms with Crippen molar-refractivity contribution in [1.82, 2.24) is 10.6 Å². The van der Waals surface area contributed by atoms with Crippen LogP contribution >= 0.6 is 11.6 Å². The van der Waals surface area contributed by atoms with E-state index in [1.54, 1.807) is 24.3 Å². The minimum atomic E-state index is -3.18. The first-order chi connectivity index (χ1) is 13.3. The summed E-state index contributed by atoms with van der Waals surface area (Å²) in [7, 11) is -3.18. The predicted octanol–water partition coefficient (Wildman–Crippen LogP) is 3.22. The Bertz CT molecular complexity index is 895. The molecule has 8 heteroatoms. The van der Waals surface area contributed by atoms with Crippen LogP contribution in [0.15, 0.2) is 52.4 Å². The van der Waals surface area contributed by atoms with Crippen LogP contribution in [-0.2, 0) is 22.7 Å². The van der Waals surface area contributed by atoms with Gasteiger partial charge >= 0.3 is 0 Å². The van der Waals surface area contributed by atoms with Crippen LogP contribution in [0.2, 0.25) is 5.02 Å². The Morgan fingerprint density at radius 1 is 1.11 bits per heavy atom. The van der Waals surface area contributed by atoms with Crippen LogP contribution in [0.5, 0.6) is 0 Å². The van der Waals surface area contributed by atoms with Gasteiger partial charge < -0.3 is 10.6 Å². The molecule has 2 rings (SSSR count). The molecule has 0 unspecified atom stereocenters. The second-order valence-corrected chi connectivity index (χ2v) is 8.73. The highest BCUT2D eigenvalue weighted by atomic mass is 35.5. The standard InChI is InChI=1S/C20H25ClFN3O2S/c1-3-23-20(25-14-12-17-18(21)5-4-6-19(17)22)24-13-11-15-7-9-16(10-8-15)28(2,26)27/h4-10H,3,11-14H2,1-2H3,(H2,23,24,25). The van der Waals surface area contributed by atoms with Crippen LogP contribution in [-0.4, -0.2) is 40.3 Å². The lowest BCUT2D eigenvalue weighted by atomic mass is 10.1. The summed E-state index contributed by atoms with van der Waals surface area (Å²) >= 11 is 6.04. The summed E-state index contributed by atoms with van der Waals surface area (Å²) in [5.41, 5.74) is 1.49. The lowest BCUT2D eigenvalue weighted by molar-refractivity contribution is 0.602. The summed E-state index contributed by atoms with van der Waals surface area (Å²) in [4.78, 5) is 4.77. The number of aliphatic imine (C=N–C) groups is 1. The van der Waals surface area contributed by atoms with Crippen LogP contribution in [0.3, 0.4) is 0 Å². The number of nitrogens with one attached hydrogen (secondary N) is 2. The minimum absolute atomic E-state index is 0.311. The number of guanidine groups is 1. The molecule has 0 saturated carbocycles. The van der Waals surface area contributed by atoms with E-state index in [1.165, 1.54) is 12.3 Å². The molecule has 0 radical (unpaired) electrons. The Kier molecular flexibility index (Phi) is 8.26. The number of rotatable bonds is 8. The van der Waals surface area contributed by atoms with Crippen molar-refractivity contribution in [3.05, 3.63) is 64.4 Å². The van der Waals surface area contributed by atoms with Gasteiger partial charge in [-0.05, 0) is 49.6 Å². The van der Waals surface area contributed by atoms with E-state index in [1.807, 2.05) is 19.1 Å². The molecular weight excluding hydrogens is 401 g/mol. The number of hydrogen-bond donors (Lipinski definition) is 2. The van der Waals surface area contributed by atoms with Gasteiger partial charge in [0.05, 0.1) is 4.90 Å². The molecule has 0 amide bonds. The zero-order valence-electron chi connectivity index (χ0n) is 16.0. The van der Waals surface area contributed by atoms with Crippen molar-refractivity contribution in [3.8, 4) is 0 Å². The molecule has 0 saturated heterocycles. The normalized spacial score (nSPS) is 12.1. The van der Waals surface area contributed by atoms with Crippen molar-refractivity contribution in [1.29, 1.82) is 0 Å². The Morgan fingerprint density at radius 3 is 2.43 bits per heavy atom. The van der Waals surface area contributed by atoms with Crippen molar-refractivity contribution in [2.75, 3.05) is 25.9 Å². The van der Waals surface area contributed by atoms with Gasteiger partial charge in [0.25, 0.3) is 0 Å². The molecule has 2 N–H and O–H groups in total. The fourth-order valence-corrected chi connectivity index (χ4v) is 3.51. The Labute approximate surface area is 170 Å². The lowest BCUT2D eigenvalue weighted by Gasteiger charge is -2.12. The quantitative estimate of drug-likeness (QED) is 0.503. The molecule has 0 spiro atoms. The average Bonchev–Trinajstić information content (AvgIpc) is 2.64. The van der Waals surface area contributed by atoms with Crippen LogP contribution < -0.4 is 10.6 Å². The zero-order valence-corrected chi connectivity index (χ0v) is 17.6. The van der Waals surface area contributed by atoms with Gasteiger partial charge in [-0.25, -0.2) is 12.8 Å². The molecule has 0 bridgehead atoms. The van der Waals surface area contributed by atoms with Crippen molar-refractivity contribution in [3.63, 3.8) is 0 Å². The highest BCUT2D eigenvalue weighted by molar-refractivity contribution is 7.90. The molecule has 5 nitrogen and oxygen atoms in total. The highest BCUT2D eigenvalue weighted by Crippen LogP contribution is 2.19. The summed E-state index contributed by atoms with van der Waals surface area (Å²) < 4.78 is 36.8. The fraction of sp³-hybridized carbons (Fsp3) is 0.350. The van der Waals surface area contributed by atoms with Gasteiger partial charge in [-0.15, -0.1) is 0 Å². The lowest BCUT2D eigenvalue weighted by Crippen LogP contribution is -2.38. The molecule has 2 aromatic rings.